The Hall–Kier alpha value is -1.12. The Balaban J connectivity index is 1.82. The number of rotatable bonds is 2. The maximum Gasteiger partial charge on any atom is 0.0731 e. The monoisotopic (exact) mass is 344 g/mol. The van der Waals surface area contributed by atoms with Gasteiger partial charge in [0.05, 0.1) is 5.60 Å². The van der Waals surface area contributed by atoms with E-state index in [2.05, 4.69) is 66.2 Å². The number of hydrogen-bond acceptors (Lipinski definition) is 1. The fourth-order valence-electron chi connectivity index (χ4n) is 3.25. The second kappa shape index (κ2) is 5.58. The molecule has 0 amide bonds. The van der Waals surface area contributed by atoms with Crippen molar-refractivity contribution in [1.82, 2.24) is 0 Å². The van der Waals surface area contributed by atoms with Crippen LogP contribution in [0.4, 0.5) is 0 Å². The molecule has 0 fully saturated rings. The van der Waals surface area contributed by atoms with Crippen LogP contribution in [0.5, 0.6) is 0 Å². The van der Waals surface area contributed by atoms with Gasteiger partial charge in [0.1, 0.15) is 0 Å². The van der Waals surface area contributed by atoms with Gasteiger partial charge in [-0.15, -0.1) is 0 Å². The summed E-state index contributed by atoms with van der Waals surface area (Å²) < 4.78 is 1.13. The number of halogens is 1. The third kappa shape index (κ3) is 3.22. The van der Waals surface area contributed by atoms with Gasteiger partial charge in [0, 0.05) is 17.3 Å². The topological polar surface area (TPSA) is 20.2 Å². The number of fused-ring (bicyclic) bond motifs is 1. The summed E-state index contributed by atoms with van der Waals surface area (Å²) in [5.41, 5.74) is 5.90. The summed E-state index contributed by atoms with van der Waals surface area (Å²) in [5, 5.41) is 11.0. The summed E-state index contributed by atoms with van der Waals surface area (Å²) in [4.78, 5) is 0. The van der Waals surface area contributed by atoms with Crippen molar-refractivity contribution in [1.29, 1.82) is 0 Å². The molecule has 0 heterocycles. The van der Waals surface area contributed by atoms with E-state index in [9.17, 15) is 5.11 Å². The predicted octanol–water partition coefficient (Wildman–Crippen LogP) is 4.53. The molecule has 0 radical (unpaired) electrons. The lowest BCUT2D eigenvalue weighted by Crippen LogP contribution is -2.38. The Morgan fingerprint density at radius 3 is 2.62 bits per heavy atom. The van der Waals surface area contributed by atoms with Crippen molar-refractivity contribution in [3.8, 4) is 0 Å². The van der Waals surface area contributed by atoms with Crippen LogP contribution < -0.4 is 0 Å². The zero-order valence-corrected chi connectivity index (χ0v) is 14.2. The lowest BCUT2D eigenvalue weighted by atomic mass is 9.77. The van der Waals surface area contributed by atoms with Crippen molar-refractivity contribution >= 4 is 15.9 Å². The van der Waals surface area contributed by atoms with Crippen molar-refractivity contribution in [2.24, 2.45) is 0 Å². The first-order valence-electron chi connectivity index (χ1n) is 7.51. The molecule has 3 rings (SSSR count). The molecule has 0 saturated heterocycles. The number of aliphatic hydroxyl groups is 1. The Morgan fingerprint density at radius 2 is 1.86 bits per heavy atom. The van der Waals surface area contributed by atoms with Crippen LogP contribution in [0.3, 0.4) is 0 Å². The molecule has 0 bridgehead atoms. The highest BCUT2D eigenvalue weighted by Gasteiger charge is 2.32. The Morgan fingerprint density at radius 1 is 1.05 bits per heavy atom. The highest BCUT2D eigenvalue weighted by molar-refractivity contribution is 9.10. The highest BCUT2D eigenvalue weighted by atomic mass is 79.9. The second-order valence-corrected chi connectivity index (χ2v) is 7.33. The van der Waals surface area contributed by atoms with E-state index in [1.54, 1.807) is 0 Å². The van der Waals surface area contributed by atoms with Crippen molar-refractivity contribution in [3.63, 3.8) is 0 Å². The quantitative estimate of drug-likeness (QED) is 0.848. The Labute approximate surface area is 135 Å². The van der Waals surface area contributed by atoms with Crippen molar-refractivity contribution in [2.45, 2.75) is 45.1 Å². The van der Waals surface area contributed by atoms with Gasteiger partial charge in [-0.25, -0.2) is 0 Å². The van der Waals surface area contributed by atoms with E-state index < -0.39 is 5.60 Å². The molecule has 2 aromatic rings. The summed E-state index contributed by atoms with van der Waals surface area (Å²) in [6.07, 6.45) is 3.28. The summed E-state index contributed by atoms with van der Waals surface area (Å²) in [6.45, 7) is 4.26. The SMILES string of the molecule is Cc1ccc(CC2(O)CCc3cc(Br)ccc3C2)cc1C. The zero-order valence-electron chi connectivity index (χ0n) is 12.6. The molecule has 1 aliphatic rings. The average molecular weight is 345 g/mol. The molecule has 1 aliphatic carbocycles. The van der Waals surface area contributed by atoms with Gasteiger partial charge < -0.3 is 5.11 Å². The summed E-state index contributed by atoms with van der Waals surface area (Å²) >= 11 is 3.52. The molecule has 1 atom stereocenters. The summed E-state index contributed by atoms with van der Waals surface area (Å²) in [7, 11) is 0. The molecular formula is C19H21BrO. The number of benzene rings is 2. The normalized spacial score (nSPS) is 21.1. The molecule has 0 saturated carbocycles. The van der Waals surface area contributed by atoms with Crippen LogP contribution in [-0.4, -0.2) is 10.7 Å². The lowest BCUT2D eigenvalue weighted by molar-refractivity contribution is 0.0267. The van der Waals surface area contributed by atoms with Crippen LogP contribution in [-0.2, 0) is 19.3 Å². The number of hydrogen-bond donors (Lipinski definition) is 1. The minimum Gasteiger partial charge on any atom is -0.389 e. The first kappa shape index (κ1) is 14.8. The van der Waals surface area contributed by atoms with E-state index in [0.717, 1.165) is 30.2 Å². The van der Waals surface area contributed by atoms with Crippen LogP contribution in [0.15, 0.2) is 40.9 Å². The third-order valence-electron chi connectivity index (χ3n) is 4.65. The van der Waals surface area contributed by atoms with Crippen molar-refractivity contribution in [3.05, 3.63) is 68.7 Å². The van der Waals surface area contributed by atoms with Crippen LogP contribution in [0, 0.1) is 13.8 Å². The van der Waals surface area contributed by atoms with Crippen LogP contribution >= 0.6 is 15.9 Å². The van der Waals surface area contributed by atoms with E-state index in [1.165, 1.54) is 27.8 Å². The van der Waals surface area contributed by atoms with E-state index in [-0.39, 0.29) is 0 Å². The molecule has 21 heavy (non-hydrogen) atoms. The van der Waals surface area contributed by atoms with Gasteiger partial charge in [0.15, 0.2) is 0 Å². The molecule has 0 aliphatic heterocycles. The molecule has 1 N–H and O–H groups in total. The van der Waals surface area contributed by atoms with Crippen LogP contribution in [0.25, 0.3) is 0 Å². The predicted molar refractivity (Wildman–Crippen MR) is 90.7 cm³/mol. The van der Waals surface area contributed by atoms with Crippen molar-refractivity contribution < 1.29 is 5.11 Å². The summed E-state index contributed by atoms with van der Waals surface area (Å²) in [6, 6.07) is 12.9. The van der Waals surface area contributed by atoms with Gasteiger partial charge in [-0.3, -0.25) is 0 Å². The van der Waals surface area contributed by atoms with Crippen molar-refractivity contribution in [2.75, 3.05) is 0 Å². The molecule has 1 unspecified atom stereocenters. The molecule has 0 aromatic heterocycles. The molecular weight excluding hydrogens is 324 g/mol. The van der Waals surface area contributed by atoms with Gasteiger partial charge in [0.25, 0.3) is 0 Å². The first-order chi connectivity index (χ1) is 9.95. The zero-order chi connectivity index (χ0) is 15.0. The van der Waals surface area contributed by atoms with Gasteiger partial charge in [-0.1, -0.05) is 40.2 Å². The smallest absolute Gasteiger partial charge is 0.0731 e. The molecule has 2 heteroatoms. The largest absolute Gasteiger partial charge is 0.389 e. The Kier molecular flexibility index (Phi) is 3.94. The van der Waals surface area contributed by atoms with Crippen LogP contribution in [0.1, 0.15) is 34.2 Å². The fourth-order valence-corrected chi connectivity index (χ4v) is 3.66. The molecule has 110 valence electrons. The van der Waals surface area contributed by atoms with Gasteiger partial charge in [-0.2, -0.15) is 0 Å². The van der Waals surface area contributed by atoms with Gasteiger partial charge in [-0.05, 0) is 66.6 Å². The molecule has 0 spiro atoms. The maximum atomic E-state index is 11.0. The van der Waals surface area contributed by atoms with E-state index in [4.69, 9.17) is 0 Å². The van der Waals surface area contributed by atoms with Gasteiger partial charge in [0.2, 0.25) is 0 Å². The third-order valence-corrected chi connectivity index (χ3v) is 5.15. The summed E-state index contributed by atoms with van der Waals surface area (Å²) in [5.74, 6) is 0. The number of aryl methyl sites for hydroxylation is 3. The maximum absolute atomic E-state index is 11.0. The molecule has 2 aromatic carbocycles. The highest BCUT2D eigenvalue weighted by Crippen LogP contribution is 2.33. The molecule has 1 nitrogen and oxygen atoms in total. The second-order valence-electron chi connectivity index (χ2n) is 6.41. The van der Waals surface area contributed by atoms with E-state index in [0.29, 0.717) is 0 Å². The fraction of sp³-hybridized carbons (Fsp3) is 0.368. The standard InChI is InChI=1S/C19H21BrO/c1-13-3-4-15(9-14(13)2)11-19(21)8-7-16-10-18(20)6-5-17(16)12-19/h3-6,9-10,21H,7-8,11-12H2,1-2H3. The van der Waals surface area contributed by atoms with E-state index in [1.807, 2.05) is 0 Å². The average Bonchev–Trinajstić information content (AvgIpc) is 2.43. The minimum atomic E-state index is -0.609. The minimum absolute atomic E-state index is 0.609. The van der Waals surface area contributed by atoms with Gasteiger partial charge >= 0.3 is 0 Å². The van der Waals surface area contributed by atoms with Crippen LogP contribution in [0.2, 0.25) is 0 Å². The Bertz CT molecular complexity index is 677. The lowest BCUT2D eigenvalue weighted by Gasteiger charge is -2.34. The van der Waals surface area contributed by atoms with E-state index >= 15 is 0 Å². The first-order valence-corrected chi connectivity index (χ1v) is 8.30.